The van der Waals surface area contributed by atoms with Crippen LogP contribution in [0.3, 0.4) is 0 Å². The van der Waals surface area contributed by atoms with Crippen LogP contribution in [0.15, 0.2) is 22.7 Å². The van der Waals surface area contributed by atoms with Crippen LogP contribution in [0.1, 0.15) is 16.1 Å². The van der Waals surface area contributed by atoms with Gasteiger partial charge in [-0.1, -0.05) is 28.1 Å². The van der Waals surface area contributed by atoms with Gasteiger partial charge in [0, 0.05) is 14.9 Å². The van der Waals surface area contributed by atoms with Crippen molar-refractivity contribution in [3.05, 3.63) is 38.8 Å². The maximum atomic E-state index is 5.60. The summed E-state index contributed by atoms with van der Waals surface area (Å²) in [6.07, 6.45) is 0.910. The van der Waals surface area contributed by atoms with Crippen molar-refractivity contribution in [1.29, 1.82) is 0 Å². The van der Waals surface area contributed by atoms with E-state index in [1.165, 1.54) is 10.4 Å². The summed E-state index contributed by atoms with van der Waals surface area (Å²) < 4.78 is 1.10. The van der Waals surface area contributed by atoms with Crippen LogP contribution in [0.5, 0.6) is 0 Å². The molecule has 0 radical (unpaired) electrons. The van der Waals surface area contributed by atoms with Crippen molar-refractivity contribution in [2.24, 2.45) is 5.73 Å². The molecule has 2 rings (SSSR count). The first-order valence-electron chi connectivity index (χ1n) is 5.54. The molecule has 0 bridgehead atoms. The molecule has 0 fully saturated rings. The van der Waals surface area contributed by atoms with Crippen LogP contribution in [0.4, 0.5) is 0 Å². The molecule has 0 atom stereocenters. The molecular weight excluding hydrogens is 296 g/mol. The number of rotatable bonds is 3. The lowest BCUT2D eigenvalue weighted by Gasteiger charge is -2.01. The molecule has 90 valence electrons. The highest BCUT2D eigenvalue weighted by Crippen LogP contribution is 2.33. The summed E-state index contributed by atoms with van der Waals surface area (Å²) in [4.78, 5) is 5.91. The van der Waals surface area contributed by atoms with E-state index in [4.69, 9.17) is 5.73 Å². The lowest BCUT2D eigenvalue weighted by molar-refractivity contribution is 0.970. The zero-order valence-electron chi connectivity index (χ0n) is 9.96. The van der Waals surface area contributed by atoms with Crippen LogP contribution in [-0.4, -0.2) is 11.5 Å². The van der Waals surface area contributed by atoms with Crippen LogP contribution in [-0.2, 0) is 6.42 Å². The quantitative estimate of drug-likeness (QED) is 0.939. The summed E-state index contributed by atoms with van der Waals surface area (Å²) >= 11 is 5.33. The van der Waals surface area contributed by atoms with Gasteiger partial charge in [-0.05, 0) is 38.4 Å². The van der Waals surface area contributed by atoms with E-state index >= 15 is 0 Å². The van der Waals surface area contributed by atoms with Gasteiger partial charge >= 0.3 is 0 Å². The van der Waals surface area contributed by atoms with Crippen LogP contribution in [0.25, 0.3) is 10.6 Å². The second kappa shape index (κ2) is 5.29. The van der Waals surface area contributed by atoms with Gasteiger partial charge in [-0.15, -0.1) is 11.3 Å². The van der Waals surface area contributed by atoms with Crippen LogP contribution in [0.2, 0.25) is 0 Å². The Kier molecular flexibility index (Phi) is 3.97. The van der Waals surface area contributed by atoms with Gasteiger partial charge in [0.15, 0.2) is 0 Å². The monoisotopic (exact) mass is 310 g/mol. The summed E-state index contributed by atoms with van der Waals surface area (Å²) in [5.41, 5.74) is 9.10. The fourth-order valence-electron chi connectivity index (χ4n) is 1.70. The molecule has 17 heavy (non-hydrogen) atoms. The highest BCUT2D eigenvalue weighted by Gasteiger charge is 2.11. The summed E-state index contributed by atoms with van der Waals surface area (Å²) in [5.74, 6) is 0. The number of hydrogen-bond donors (Lipinski definition) is 1. The highest BCUT2D eigenvalue weighted by molar-refractivity contribution is 9.10. The third-order valence-electron chi connectivity index (χ3n) is 2.62. The Bertz CT molecular complexity index is 534. The van der Waals surface area contributed by atoms with E-state index in [9.17, 15) is 0 Å². The second-order valence-corrected chi connectivity index (χ2v) is 5.99. The Labute approximate surface area is 114 Å². The van der Waals surface area contributed by atoms with Crippen molar-refractivity contribution in [3.63, 3.8) is 0 Å². The summed E-state index contributed by atoms with van der Waals surface area (Å²) in [6.45, 7) is 4.81. The third-order valence-corrected chi connectivity index (χ3v) is 4.53. The van der Waals surface area contributed by atoms with Crippen LogP contribution in [0, 0.1) is 13.8 Å². The maximum Gasteiger partial charge on any atom is 0.124 e. The number of nitrogens with zero attached hydrogens (tertiary/aromatic N) is 1. The van der Waals surface area contributed by atoms with E-state index in [2.05, 4.69) is 46.0 Å². The first kappa shape index (κ1) is 12.7. The van der Waals surface area contributed by atoms with Gasteiger partial charge in [0.1, 0.15) is 5.01 Å². The SMILES string of the molecule is Cc1ccc(-c2nc(C)c(CCN)s2)c(Br)c1. The van der Waals surface area contributed by atoms with Crippen molar-refractivity contribution in [2.45, 2.75) is 20.3 Å². The molecule has 4 heteroatoms. The van der Waals surface area contributed by atoms with E-state index in [-0.39, 0.29) is 0 Å². The smallest absolute Gasteiger partial charge is 0.124 e. The summed E-state index contributed by atoms with van der Waals surface area (Å²) in [7, 11) is 0. The van der Waals surface area contributed by atoms with Gasteiger partial charge in [0.2, 0.25) is 0 Å². The van der Waals surface area contributed by atoms with Crippen molar-refractivity contribution in [1.82, 2.24) is 4.98 Å². The van der Waals surface area contributed by atoms with E-state index < -0.39 is 0 Å². The number of thiazole rings is 1. The molecule has 1 aromatic carbocycles. The van der Waals surface area contributed by atoms with Crippen molar-refractivity contribution < 1.29 is 0 Å². The molecule has 0 spiro atoms. The first-order valence-corrected chi connectivity index (χ1v) is 7.15. The highest BCUT2D eigenvalue weighted by atomic mass is 79.9. The molecular formula is C13H15BrN2S. The van der Waals surface area contributed by atoms with E-state index in [1.807, 2.05) is 6.92 Å². The molecule has 0 amide bonds. The zero-order valence-corrected chi connectivity index (χ0v) is 12.4. The topological polar surface area (TPSA) is 38.9 Å². The van der Waals surface area contributed by atoms with E-state index in [0.29, 0.717) is 6.54 Å². The van der Waals surface area contributed by atoms with E-state index in [0.717, 1.165) is 27.2 Å². The number of benzene rings is 1. The van der Waals surface area contributed by atoms with Gasteiger partial charge in [-0.25, -0.2) is 4.98 Å². The zero-order chi connectivity index (χ0) is 12.4. The predicted octanol–water partition coefficient (Wildman–Crippen LogP) is 3.69. The molecule has 0 saturated carbocycles. The number of hydrogen-bond acceptors (Lipinski definition) is 3. The van der Waals surface area contributed by atoms with Gasteiger partial charge < -0.3 is 5.73 Å². The second-order valence-electron chi connectivity index (χ2n) is 4.05. The molecule has 0 unspecified atom stereocenters. The van der Waals surface area contributed by atoms with Crippen molar-refractivity contribution >= 4 is 27.3 Å². The Balaban J connectivity index is 2.42. The minimum atomic E-state index is 0.678. The minimum absolute atomic E-state index is 0.678. The lowest BCUT2D eigenvalue weighted by Crippen LogP contribution is -2.01. The average Bonchev–Trinajstić information content (AvgIpc) is 2.60. The molecule has 1 aromatic heterocycles. The average molecular weight is 311 g/mol. The summed E-state index contributed by atoms with van der Waals surface area (Å²) in [6, 6.07) is 6.35. The normalized spacial score (nSPS) is 10.8. The lowest BCUT2D eigenvalue weighted by atomic mass is 10.2. The van der Waals surface area contributed by atoms with Crippen molar-refractivity contribution in [3.8, 4) is 10.6 Å². The molecule has 2 nitrogen and oxygen atoms in total. The minimum Gasteiger partial charge on any atom is -0.330 e. The molecule has 2 N–H and O–H groups in total. The van der Waals surface area contributed by atoms with Gasteiger partial charge in [0.05, 0.1) is 5.69 Å². The fourth-order valence-corrected chi connectivity index (χ4v) is 3.63. The molecule has 0 aliphatic rings. The van der Waals surface area contributed by atoms with Crippen LogP contribution < -0.4 is 5.73 Å². The van der Waals surface area contributed by atoms with Crippen LogP contribution >= 0.6 is 27.3 Å². The maximum absolute atomic E-state index is 5.60. The Morgan fingerprint density at radius 2 is 2.12 bits per heavy atom. The standard InChI is InChI=1S/C13H15BrN2S/c1-8-3-4-10(11(14)7-8)13-16-9(2)12(17-13)5-6-15/h3-4,7H,5-6,15H2,1-2H3. The third kappa shape index (κ3) is 2.76. The summed E-state index contributed by atoms with van der Waals surface area (Å²) in [5, 5.41) is 1.07. The van der Waals surface area contributed by atoms with Gasteiger partial charge in [0.25, 0.3) is 0 Å². The Hall–Kier alpha value is -0.710. The molecule has 0 saturated heterocycles. The largest absolute Gasteiger partial charge is 0.330 e. The first-order chi connectivity index (χ1) is 8.11. The number of aromatic nitrogens is 1. The fraction of sp³-hybridized carbons (Fsp3) is 0.308. The Morgan fingerprint density at radius 3 is 2.76 bits per heavy atom. The molecule has 2 aromatic rings. The number of halogens is 1. The molecule has 1 heterocycles. The van der Waals surface area contributed by atoms with E-state index in [1.54, 1.807) is 11.3 Å². The molecule has 0 aliphatic heterocycles. The van der Waals surface area contributed by atoms with Gasteiger partial charge in [-0.3, -0.25) is 0 Å². The van der Waals surface area contributed by atoms with Crippen molar-refractivity contribution in [2.75, 3.05) is 6.54 Å². The predicted molar refractivity (Wildman–Crippen MR) is 77.5 cm³/mol. The number of aryl methyl sites for hydroxylation is 2. The van der Waals surface area contributed by atoms with Gasteiger partial charge in [-0.2, -0.15) is 0 Å². The Morgan fingerprint density at radius 1 is 1.35 bits per heavy atom. The number of nitrogens with two attached hydrogens (primary N) is 1. The molecule has 0 aliphatic carbocycles.